The van der Waals surface area contributed by atoms with Crippen LogP contribution >= 0.6 is 0 Å². The summed E-state index contributed by atoms with van der Waals surface area (Å²) in [6.45, 7) is 4.91. The number of anilines is 3. The van der Waals surface area contributed by atoms with E-state index in [0.717, 1.165) is 29.9 Å². The molecule has 0 spiro atoms. The van der Waals surface area contributed by atoms with E-state index in [1.807, 2.05) is 32.0 Å². The fourth-order valence-electron chi connectivity index (χ4n) is 4.03. The van der Waals surface area contributed by atoms with Crippen molar-refractivity contribution < 1.29 is 9.59 Å². The Hall–Kier alpha value is -3.02. The van der Waals surface area contributed by atoms with E-state index < -0.39 is 6.04 Å². The average molecular weight is 378 g/mol. The molecule has 146 valence electrons. The molecular formula is C22H26N4O2. The van der Waals surface area contributed by atoms with Crippen LogP contribution < -0.4 is 16.0 Å². The third-order valence-electron chi connectivity index (χ3n) is 5.46. The van der Waals surface area contributed by atoms with Gasteiger partial charge >= 0.3 is 6.03 Å². The summed E-state index contributed by atoms with van der Waals surface area (Å²) in [6, 6.07) is 13.6. The zero-order valence-corrected chi connectivity index (χ0v) is 16.3. The summed E-state index contributed by atoms with van der Waals surface area (Å²) < 4.78 is 0. The van der Waals surface area contributed by atoms with E-state index in [-0.39, 0.29) is 17.9 Å². The Bertz CT molecular complexity index is 909. The molecule has 0 aromatic heterocycles. The highest BCUT2D eigenvalue weighted by molar-refractivity contribution is 5.95. The van der Waals surface area contributed by atoms with Gasteiger partial charge in [0.15, 0.2) is 0 Å². The standard InChI is InChI=1S/C22H26N4O2/c1-14(2)20-21(27)23-11-12-26(20)22(28)24-17-10-9-16-8-7-15-5-3-4-6-18(15)25-19(16)13-17/h3-6,9-10,13-14,20,25H,7-8,11-12H2,1-2H3,(H,23,27)(H,24,28). The van der Waals surface area contributed by atoms with Gasteiger partial charge in [0.2, 0.25) is 5.91 Å². The van der Waals surface area contributed by atoms with Crippen molar-refractivity contribution in [1.29, 1.82) is 0 Å². The first kappa shape index (κ1) is 18.3. The smallest absolute Gasteiger partial charge is 0.322 e. The monoisotopic (exact) mass is 378 g/mol. The number of carbonyl (C=O) groups excluding carboxylic acids is 2. The van der Waals surface area contributed by atoms with Gasteiger partial charge in [-0.25, -0.2) is 4.79 Å². The lowest BCUT2D eigenvalue weighted by atomic mass is 10.00. The predicted molar refractivity (Wildman–Crippen MR) is 111 cm³/mol. The Kier molecular flexibility index (Phi) is 4.94. The van der Waals surface area contributed by atoms with Gasteiger partial charge in [0.25, 0.3) is 0 Å². The molecule has 4 rings (SSSR count). The number of carbonyl (C=O) groups is 2. The van der Waals surface area contributed by atoms with Crippen LogP contribution in [0.25, 0.3) is 0 Å². The highest BCUT2D eigenvalue weighted by Crippen LogP contribution is 2.32. The van der Waals surface area contributed by atoms with Crippen LogP contribution in [0.1, 0.15) is 25.0 Å². The highest BCUT2D eigenvalue weighted by Gasteiger charge is 2.35. The molecule has 28 heavy (non-hydrogen) atoms. The van der Waals surface area contributed by atoms with E-state index in [9.17, 15) is 9.59 Å². The SMILES string of the molecule is CC(C)C1C(=O)NCCN1C(=O)Nc1ccc2c(c1)Nc1ccccc1CC2. The van der Waals surface area contributed by atoms with E-state index >= 15 is 0 Å². The fourth-order valence-corrected chi connectivity index (χ4v) is 4.03. The van der Waals surface area contributed by atoms with Crippen molar-refractivity contribution in [2.24, 2.45) is 5.92 Å². The van der Waals surface area contributed by atoms with Gasteiger partial charge in [0.1, 0.15) is 6.04 Å². The van der Waals surface area contributed by atoms with Crippen LogP contribution in [-0.4, -0.2) is 36.0 Å². The molecule has 1 saturated heterocycles. The maximum absolute atomic E-state index is 12.9. The number of benzene rings is 2. The topological polar surface area (TPSA) is 73.5 Å². The summed E-state index contributed by atoms with van der Waals surface area (Å²) in [7, 11) is 0. The number of nitrogens with zero attached hydrogens (tertiary/aromatic N) is 1. The minimum absolute atomic E-state index is 0.0521. The van der Waals surface area contributed by atoms with Gasteiger partial charge in [-0.05, 0) is 48.1 Å². The van der Waals surface area contributed by atoms with Crippen molar-refractivity contribution in [1.82, 2.24) is 10.2 Å². The number of nitrogens with one attached hydrogen (secondary N) is 3. The van der Waals surface area contributed by atoms with E-state index in [4.69, 9.17) is 0 Å². The number of hydrogen-bond donors (Lipinski definition) is 3. The number of piperazine rings is 1. The lowest BCUT2D eigenvalue weighted by Gasteiger charge is -2.37. The largest absolute Gasteiger partial charge is 0.355 e. The van der Waals surface area contributed by atoms with Crippen LogP contribution in [-0.2, 0) is 17.6 Å². The molecule has 3 N–H and O–H groups in total. The lowest BCUT2D eigenvalue weighted by Crippen LogP contribution is -2.60. The molecule has 1 fully saturated rings. The first-order valence-electron chi connectivity index (χ1n) is 9.86. The van der Waals surface area contributed by atoms with Crippen molar-refractivity contribution in [2.45, 2.75) is 32.7 Å². The van der Waals surface area contributed by atoms with Gasteiger partial charge in [0, 0.05) is 30.2 Å². The van der Waals surface area contributed by atoms with Crippen LogP contribution in [0.3, 0.4) is 0 Å². The summed E-state index contributed by atoms with van der Waals surface area (Å²) in [4.78, 5) is 26.7. The van der Waals surface area contributed by atoms with Crippen molar-refractivity contribution in [3.05, 3.63) is 53.6 Å². The molecular weight excluding hydrogens is 352 g/mol. The molecule has 2 aliphatic rings. The normalized spacial score (nSPS) is 18.5. The van der Waals surface area contributed by atoms with Gasteiger partial charge in [-0.3, -0.25) is 4.79 Å². The molecule has 2 heterocycles. The maximum Gasteiger partial charge on any atom is 0.322 e. The summed E-state index contributed by atoms with van der Waals surface area (Å²) in [5.41, 5.74) is 5.37. The van der Waals surface area contributed by atoms with Crippen LogP contribution in [0.15, 0.2) is 42.5 Å². The molecule has 6 heteroatoms. The summed E-state index contributed by atoms with van der Waals surface area (Å²) in [5.74, 6) is -0.0344. The van der Waals surface area contributed by atoms with E-state index in [1.165, 1.54) is 11.1 Å². The third-order valence-corrected chi connectivity index (χ3v) is 5.46. The Morgan fingerprint density at radius 3 is 2.64 bits per heavy atom. The van der Waals surface area contributed by atoms with Crippen molar-refractivity contribution in [2.75, 3.05) is 23.7 Å². The molecule has 2 aliphatic heterocycles. The van der Waals surface area contributed by atoms with E-state index in [0.29, 0.717) is 13.1 Å². The van der Waals surface area contributed by atoms with Crippen molar-refractivity contribution >= 4 is 29.0 Å². The number of para-hydroxylation sites is 1. The molecule has 0 aliphatic carbocycles. The molecule has 3 amide bonds. The molecule has 1 atom stereocenters. The number of rotatable bonds is 2. The van der Waals surface area contributed by atoms with Crippen LogP contribution in [0.2, 0.25) is 0 Å². The summed E-state index contributed by atoms with van der Waals surface area (Å²) >= 11 is 0. The molecule has 0 saturated carbocycles. The molecule has 2 aromatic carbocycles. The minimum atomic E-state index is -0.445. The molecule has 0 bridgehead atoms. The minimum Gasteiger partial charge on any atom is -0.355 e. The average Bonchev–Trinajstić information content (AvgIpc) is 2.86. The van der Waals surface area contributed by atoms with Crippen LogP contribution in [0.5, 0.6) is 0 Å². The van der Waals surface area contributed by atoms with E-state index in [2.05, 4.69) is 40.2 Å². The van der Waals surface area contributed by atoms with Gasteiger partial charge < -0.3 is 20.9 Å². The lowest BCUT2D eigenvalue weighted by molar-refractivity contribution is -0.129. The molecule has 6 nitrogen and oxygen atoms in total. The Morgan fingerprint density at radius 2 is 1.86 bits per heavy atom. The van der Waals surface area contributed by atoms with Gasteiger partial charge in [-0.2, -0.15) is 0 Å². The second-order valence-corrected chi connectivity index (χ2v) is 7.76. The van der Waals surface area contributed by atoms with Crippen LogP contribution in [0, 0.1) is 5.92 Å². The highest BCUT2D eigenvalue weighted by atomic mass is 16.2. The number of fused-ring (bicyclic) bond motifs is 2. The second kappa shape index (κ2) is 7.54. The van der Waals surface area contributed by atoms with E-state index in [1.54, 1.807) is 4.90 Å². The van der Waals surface area contributed by atoms with Crippen LogP contribution in [0.4, 0.5) is 21.9 Å². The van der Waals surface area contributed by atoms with Crippen molar-refractivity contribution in [3.8, 4) is 0 Å². The Labute approximate surface area is 165 Å². The number of amides is 3. The van der Waals surface area contributed by atoms with Gasteiger partial charge in [-0.15, -0.1) is 0 Å². The second-order valence-electron chi connectivity index (χ2n) is 7.76. The fraction of sp³-hybridized carbons (Fsp3) is 0.364. The Balaban J connectivity index is 1.54. The maximum atomic E-state index is 12.9. The number of urea groups is 1. The molecule has 1 unspecified atom stereocenters. The van der Waals surface area contributed by atoms with Gasteiger partial charge in [-0.1, -0.05) is 38.1 Å². The summed E-state index contributed by atoms with van der Waals surface area (Å²) in [6.07, 6.45) is 1.94. The Morgan fingerprint density at radius 1 is 1.11 bits per heavy atom. The molecule has 2 aromatic rings. The zero-order chi connectivity index (χ0) is 19.7. The number of aryl methyl sites for hydroxylation is 2. The quantitative estimate of drug-likeness (QED) is 0.749. The van der Waals surface area contributed by atoms with Gasteiger partial charge in [0.05, 0.1) is 0 Å². The third kappa shape index (κ3) is 3.54. The zero-order valence-electron chi connectivity index (χ0n) is 16.3. The first-order chi connectivity index (χ1) is 13.5. The number of hydrogen-bond acceptors (Lipinski definition) is 3. The predicted octanol–water partition coefficient (Wildman–Crippen LogP) is 3.52. The molecule has 0 radical (unpaired) electrons. The van der Waals surface area contributed by atoms with Crippen molar-refractivity contribution in [3.63, 3.8) is 0 Å². The summed E-state index contributed by atoms with van der Waals surface area (Å²) in [5, 5.41) is 9.33. The first-order valence-corrected chi connectivity index (χ1v) is 9.86.